The van der Waals surface area contributed by atoms with Crippen molar-refractivity contribution in [1.82, 2.24) is 15.3 Å². The second-order valence-electron chi connectivity index (χ2n) is 13.3. The number of aliphatic hydroxyl groups is 2. The molecule has 0 aliphatic heterocycles. The summed E-state index contributed by atoms with van der Waals surface area (Å²) in [6.45, 7) is 4.46. The average Bonchev–Trinajstić information content (AvgIpc) is 3.26. The lowest BCUT2D eigenvalue weighted by Gasteiger charge is -2.50. The number of benzene rings is 1. The Labute approximate surface area is 246 Å². The van der Waals surface area contributed by atoms with Gasteiger partial charge in [-0.05, 0) is 148 Å². The third kappa shape index (κ3) is 6.14. The fourth-order valence-electron chi connectivity index (χ4n) is 8.58. The predicted molar refractivity (Wildman–Crippen MR) is 168 cm³/mol. The number of fused-ring (bicyclic) bond motifs is 5. The zero-order valence-electron chi connectivity index (χ0n) is 25.4. The molecule has 0 saturated heterocycles. The molecule has 3 fully saturated rings. The van der Waals surface area contributed by atoms with Gasteiger partial charge in [0.15, 0.2) is 0 Å². The number of hydrogen-bond acceptors (Lipinski definition) is 5. The zero-order valence-corrected chi connectivity index (χ0v) is 25.4. The number of nitrogens with one attached hydrogen (secondary N) is 1. The molecular weight excluding hydrogens is 506 g/mol. The number of nitrogens with zero attached hydrogens (tertiary/aromatic N) is 2. The van der Waals surface area contributed by atoms with E-state index in [2.05, 4.69) is 52.5 Å². The van der Waals surface area contributed by atoms with E-state index in [0.717, 1.165) is 57.8 Å². The van der Waals surface area contributed by atoms with Crippen molar-refractivity contribution in [2.75, 3.05) is 14.1 Å². The number of aryl methyl sites for hydroxylation is 1. The minimum absolute atomic E-state index is 0.100. The molecule has 3 aromatic rings. The minimum atomic E-state index is -0.650. The molecule has 0 spiro atoms. The quantitative estimate of drug-likeness (QED) is 0.282. The number of hydrogen-bond donors (Lipinski definition) is 3. The van der Waals surface area contributed by atoms with Gasteiger partial charge in [0.2, 0.25) is 0 Å². The molecule has 2 heterocycles. The van der Waals surface area contributed by atoms with Crippen LogP contribution >= 0.6 is 0 Å². The first-order valence-electron chi connectivity index (χ1n) is 15.7. The summed E-state index contributed by atoms with van der Waals surface area (Å²) in [7, 11) is 3.75. The normalized spacial score (nSPS) is 33.9. The molecule has 4 aliphatic rings. The van der Waals surface area contributed by atoms with Gasteiger partial charge in [-0.1, -0.05) is 31.2 Å². The summed E-state index contributed by atoms with van der Waals surface area (Å²) in [4.78, 5) is 8.21. The summed E-state index contributed by atoms with van der Waals surface area (Å²) in [5, 5.41) is 27.7. The van der Waals surface area contributed by atoms with Crippen molar-refractivity contribution >= 4 is 10.8 Å². The molecular formula is C36H49N3O2. The predicted octanol–water partition coefficient (Wildman–Crippen LogP) is 6.98. The van der Waals surface area contributed by atoms with E-state index < -0.39 is 5.60 Å². The van der Waals surface area contributed by atoms with Gasteiger partial charge in [-0.2, -0.15) is 0 Å². The van der Waals surface area contributed by atoms with Crippen molar-refractivity contribution in [3.8, 4) is 0 Å². The molecule has 220 valence electrons. The Morgan fingerprint density at radius 1 is 0.902 bits per heavy atom. The maximum atomic E-state index is 12.2. The number of aliphatic hydroxyl groups excluding tert-OH is 1. The van der Waals surface area contributed by atoms with Gasteiger partial charge in [-0.3, -0.25) is 9.97 Å². The van der Waals surface area contributed by atoms with E-state index in [0.29, 0.717) is 23.7 Å². The highest BCUT2D eigenvalue weighted by Crippen LogP contribution is 2.64. The van der Waals surface area contributed by atoms with Gasteiger partial charge < -0.3 is 15.5 Å². The Kier molecular flexibility index (Phi) is 9.27. The third-order valence-electron chi connectivity index (χ3n) is 10.6. The van der Waals surface area contributed by atoms with Crippen LogP contribution in [0, 0.1) is 30.1 Å². The Bertz CT molecular complexity index is 1330. The van der Waals surface area contributed by atoms with E-state index in [1.54, 1.807) is 6.20 Å². The Balaban J connectivity index is 0.000000289. The van der Waals surface area contributed by atoms with Crippen LogP contribution in [0.5, 0.6) is 0 Å². The smallest absolute Gasteiger partial charge is 0.0890 e. The van der Waals surface area contributed by atoms with Crippen molar-refractivity contribution in [2.24, 2.45) is 23.2 Å². The standard InChI is InChI=1S/C28H35NO2.C6H7N.C2H7N/c1-27-11-9-23-15-21-16-24(30)5-4-18(21)8-12-28(23,31)26(27)7-6-25(27)20-3-2-19-10-13-29-17-22(19)14-20;1-6-3-2-4-7-5-6;1-3-2/h2-3,9-10,13-14,17-18,21,24-26,30-31H,4-8,11-12,15-16H2,1H3;2-5H,1H3;3H,1-2H3/t18?,21?,24?,25?,26?,27?,28-;;/m1../s1. The highest BCUT2D eigenvalue weighted by molar-refractivity contribution is 5.82. The van der Waals surface area contributed by atoms with E-state index >= 15 is 0 Å². The van der Waals surface area contributed by atoms with Crippen molar-refractivity contribution in [2.45, 2.75) is 89.3 Å². The molecule has 6 unspecified atom stereocenters. The fourth-order valence-corrected chi connectivity index (χ4v) is 8.58. The largest absolute Gasteiger partial charge is 0.393 e. The average molecular weight is 556 g/mol. The number of rotatable bonds is 1. The summed E-state index contributed by atoms with van der Waals surface area (Å²) >= 11 is 0. The van der Waals surface area contributed by atoms with Gasteiger partial charge in [0.1, 0.15) is 0 Å². The van der Waals surface area contributed by atoms with Crippen molar-refractivity contribution in [3.05, 3.63) is 84.0 Å². The van der Waals surface area contributed by atoms with Gasteiger partial charge in [0.25, 0.3) is 0 Å². The lowest BCUT2D eigenvalue weighted by atomic mass is 9.57. The van der Waals surface area contributed by atoms with E-state index in [4.69, 9.17) is 0 Å². The second-order valence-corrected chi connectivity index (χ2v) is 13.3. The van der Waals surface area contributed by atoms with Gasteiger partial charge in [0, 0.05) is 30.2 Å². The van der Waals surface area contributed by atoms with Gasteiger partial charge in [0.05, 0.1) is 11.7 Å². The topological polar surface area (TPSA) is 78.3 Å². The van der Waals surface area contributed by atoms with E-state index in [1.165, 1.54) is 27.5 Å². The molecule has 7 atom stereocenters. The van der Waals surface area contributed by atoms with Crippen molar-refractivity contribution in [3.63, 3.8) is 0 Å². The first kappa shape index (κ1) is 29.9. The van der Waals surface area contributed by atoms with Crippen LogP contribution in [0.1, 0.15) is 81.8 Å². The molecule has 41 heavy (non-hydrogen) atoms. The maximum absolute atomic E-state index is 12.2. The molecule has 3 saturated carbocycles. The van der Waals surface area contributed by atoms with Gasteiger partial charge >= 0.3 is 0 Å². The third-order valence-corrected chi connectivity index (χ3v) is 10.6. The zero-order chi connectivity index (χ0) is 29.0. The monoisotopic (exact) mass is 555 g/mol. The molecule has 7 rings (SSSR count). The van der Waals surface area contributed by atoms with Crippen LogP contribution in [0.2, 0.25) is 0 Å². The first-order chi connectivity index (χ1) is 19.8. The maximum Gasteiger partial charge on any atom is 0.0890 e. The van der Waals surface area contributed by atoms with Crippen LogP contribution in [-0.2, 0) is 0 Å². The van der Waals surface area contributed by atoms with Crippen molar-refractivity contribution < 1.29 is 10.2 Å². The molecule has 5 heteroatoms. The van der Waals surface area contributed by atoms with Gasteiger partial charge in [-0.15, -0.1) is 0 Å². The summed E-state index contributed by atoms with van der Waals surface area (Å²) in [6.07, 6.45) is 19.1. The SMILES string of the molecule is CC12CC=C3CC4CC(O)CCC4CC[C@]3(O)C1CCC2c1ccc2ccncc2c1.CNC.Cc1cccnc1. The Hall–Kier alpha value is -2.60. The second kappa shape index (κ2) is 12.7. The van der Waals surface area contributed by atoms with Crippen LogP contribution in [-0.4, -0.2) is 46.0 Å². The minimum Gasteiger partial charge on any atom is -0.393 e. The number of pyridine rings is 2. The Morgan fingerprint density at radius 2 is 1.71 bits per heavy atom. The van der Waals surface area contributed by atoms with Crippen LogP contribution in [0.3, 0.4) is 0 Å². The molecule has 1 aromatic carbocycles. The first-order valence-corrected chi connectivity index (χ1v) is 15.7. The highest BCUT2D eigenvalue weighted by atomic mass is 16.3. The molecule has 3 N–H and O–H groups in total. The molecule has 0 radical (unpaired) electrons. The summed E-state index contributed by atoms with van der Waals surface area (Å²) in [6, 6.07) is 12.9. The van der Waals surface area contributed by atoms with E-state index in [1.807, 2.05) is 51.7 Å². The highest BCUT2D eigenvalue weighted by Gasteiger charge is 2.59. The molecule has 5 nitrogen and oxygen atoms in total. The molecule has 2 aromatic heterocycles. The van der Waals surface area contributed by atoms with E-state index in [9.17, 15) is 10.2 Å². The number of allylic oxidation sites excluding steroid dienone is 1. The fraction of sp³-hybridized carbons (Fsp3) is 0.556. The van der Waals surface area contributed by atoms with Gasteiger partial charge in [-0.25, -0.2) is 0 Å². The van der Waals surface area contributed by atoms with Crippen LogP contribution in [0.15, 0.2) is 72.8 Å². The van der Waals surface area contributed by atoms with Crippen LogP contribution < -0.4 is 5.32 Å². The number of aromatic nitrogens is 2. The van der Waals surface area contributed by atoms with E-state index in [-0.39, 0.29) is 11.5 Å². The van der Waals surface area contributed by atoms with Crippen LogP contribution in [0.4, 0.5) is 0 Å². The summed E-state index contributed by atoms with van der Waals surface area (Å²) in [5.41, 5.74) is 3.38. The lowest BCUT2D eigenvalue weighted by molar-refractivity contribution is -0.0501. The summed E-state index contributed by atoms with van der Waals surface area (Å²) < 4.78 is 0. The molecule has 0 amide bonds. The molecule has 0 bridgehead atoms. The summed E-state index contributed by atoms with van der Waals surface area (Å²) in [5.74, 6) is 2.05. The van der Waals surface area contributed by atoms with Crippen molar-refractivity contribution in [1.29, 1.82) is 0 Å². The molecule has 4 aliphatic carbocycles. The Morgan fingerprint density at radius 3 is 2.44 bits per heavy atom. The van der Waals surface area contributed by atoms with Crippen LogP contribution in [0.25, 0.3) is 10.8 Å². The lowest BCUT2D eigenvalue weighted by Crippen LogP contribution is -2.49.